The van der Waals surface area contributed by atoms with E-state index in [0.717, 1.165) is 29.1 Å². The fourth-order valence-corrected chi connectivity index (χ4v) is 4.15. The van der Waals surface area contributed by atoms with Crippen LogP contribution >= 0.6 is 36.2 Å². The van der Waals surface area contributed by atoms with Crippen molar-refractivity contribution in [1.82, 2.24) is 15.2 Å². The van der Waals surface area contributed by atoms with Crippen molar-refractivity contribution in [2.45, 2.75) is 13.0 Å². The largest absolute Gasteiger partial charge is 0.462 e. The highest BCUT2D eigenvalue weighted by atomic mass is 35.5. The number of nitrogens with zero attached hydrogens (tertiary/aromatic N) is 2. The van der Waals surface area contributed by atoms with Gasteiger partial charge in [-0.25, -0.2) is 4.98 Å². The van der Waals surface area contributed by atoms with Gasteiger partial charge in [-0.2, -0.15) is 0 Å². The minimum Gasteiger partial charge on any atom is -0.462 e. The highest BCUT2D eigenvalue weighted by Gasteiger charge is 2.32. The molecule has 0 amide bonds. The van der Waals surface area contributed by atoms with Gasteiger partial charge in [-0.15, -0.1) is 36.2 Å². The second-order valence-electron chi connectivity index (χ2n) is 5.82. The van der Waals surface area contributed by atoms with Crippen molar-refractivity contribution in [2.75, 3.05) is 26.2 Å². The Bertz CT molecular complexity index is 575. The van der Waals surface area contributed by atoms with Crippen LogP contribution in [0.4, 0.5) is 0 Å². The van der Waals surface area contributed by atoms with E-state index in [1.165, 1.54) is 38.3 Å². The zero-order valence-electron chi connectivity index (χ0n) is 12.2. The summed E-state index contributed by atoms with van der Waals surface area (Å²) < 4.78 is 5.41. The summed E-state index contributed by atoms with van der Waals surface area (Å²) in [6.45, 7) is 5.80. The van der Waals surface area contributed by atoms with Crippen LogP contribution < -0.4 is 5.32 Å². The summed E-state index contributed by atoms with van der Waals surface area (Å²) in [5.41, 5.74) is 1.17. The molecule has 2 fully saturated rings. The van der Waals surface area contributed by atoms with Crippen LogP contribution in [-0.2, 0) is 6.54 Å². The van der Waals surface area contributed by atoms with Crippen LogP contribution in [0, 0.1) is 11.8 Å². The predicted molar refractivity (Wildman–Crippen MR) is 94.1 cm³/mol. The highest BCUT2D eigenvalue weighted by Crippen LogP contribution is 2.29. The molecule has 2 unspecified atom stereocenters. The number of fused-ring (bicyclic) bond motifs is 1. The molecule has 7 heteroatoms. The zero-order chi connectivity index (χ0) is 13.4. The molecule has 22 heavy (non-hydrogen) atoms. The van der Waals surface area contributed by atoms with Crippen molar-refractivity contribution in [3.05, 3.63) is 29.5 Å². The molecule has 2 aliphatic rings. The monoisotopic (exact) mass is 361 g/mol. The summed E-state index contributed by atoms with van der Waals surface area (Å²) in [4.78, 5) is 7.25. The van der Waals surface area contributed by atoms with Gasteiger partial charge in [0.05, 0.1) is 12.0 Å². The standard InChI is InChI=1S/C15H19N3OS.2ClH/c1-2-14(19-5-1)15-17-13(10-20-15)9-18-4-3-11-6-16-7-12(11)8-18;;/h1-2,5,10-12,16H,3-4,6-9H2;2*1H. The molecule has 4 heterocycles. The molecule has 2 aromatic rings. The minimum atomic E-state index is 0. The van der Waals surface area contributed by atoms with E-state index in [4.69, 9.17) is 9.40 Å². The Morgan fingerprint density at radius 3 is 3.00 bits per heavy atom. The van der Waals surface area contributed by atoms with E-state index < -0.39 is 0 Å². The molecule has 4 nitrogen and oxygen atoms in total. The van der Waals surface area contributed by atoms with Crippen LogP contribution in [0.3, 0.4) is 0 Å². The zero-order valence-corrected chi connectivity index (χ0v) is 14.7. The maximum atomic E-state index is 5.41. The first kappa shape index (κ1) is 17.8. The molecule has 2 aromatic heterocycles. The van der Waals surface area contributed by atoms with E-state index in [9.17, 15) is 0 Å². The van der Waals surface area contributed by atoms with Crippen molar-refractivity contribution in [3.8, 4) is 10.8 Å². The van der Waals surface area contributed by atoms with Gasteiger partial charge in [0, 0.05) is 18.5 Å². The molecule has 0 bridgehead atoms. The molecule has 2 aliphatic heterocycles. The highest BCUT2D eigenvalue weighted by molar-refractivity contribution is 7.13. The summed E-state index contributed by atoms with van der Waals surface area (Å²) in [5, 5.41) is 6.67. The third-order valence-corrected chi connectivity index (χ3v) is 5.36. The summed E-state index contributed by atoms with van der Waals surface area (Å²) in [6.07, 6.45) is 3.03. The lowest BCUT2D eigenvalue weighted by atomic mass is 9.89. The number of rotatable bonds is 3. The van der Waals surface area contributed by atoms with Gasteiger partial charge < -0.3 is 9.73 Å². The number of halogens is 2. The van der Waals surface area contributed by atoms with Crippen LogP contribution in [0.2, 0.25) is 0 Å². The number of hydrogen-bond acceptors (Lipinski definition) is 5. The molecule has 0 aromatic carbocycles. The van der Waals surface area contributed by atoms with E-state index in [2.05, 4.69) is 15.6 Å². The van der Waals surface area contributed by atoms with Gasteiger partial charge in [-0.05, 0) is 50.0 Å². The molecule has 1 N–H and O–H groups in total. The van der Waals surface area contributed by atoms with Gasteiger partial charge in [-0.1, -0.05) is 0 Å². The van der Waals surface area contributed by atoms with Gasteiger partial charge in [-0.3, -0.25) is 4.90 Å². The van der Waals surface area contributed by atoms with E-state index in [1.807, 2.05) is 12.1 Å². The molecule has 0 aliphatic carbocycles. The van der Waals surface area contributed by atoms with E-state index in [-0.39, 0.29) is 24.8 Å². The third kappa shape index (κ3) is 3.66. The summed E-state index contributed by atoms with van der Waals surface area (Å²) >= 11 is 1.67. The van der Waals surface area contributed by atoms with E-state index >= 15 is 0 Å². The van der Waals surface area contributed by atoms with Crippen LogP contribution in [0.25, 0.3) is 10.8 Å². The fourth-order valence-electron chi connectivity index (χ4n) is 3.38. The van der Waals surface area contributed by atoms with Gasteiger partial charge >= 0.3 is 0 Å². The lowest BCUT2D eigenvalue weighted by Gasteiger charge is -2.33. The number of likely N-dealkylation sites (tertiary alicyclic amines) is 1. The Morgan fingerprint density at radius 1 is 1.32 bits per heavy atom. The summed E-state index contributed by atoms with van der Waals surface area (Å²) in [7, 11) is 0. The number of nitrogens with one attached hydrogen (secondary N) is 1. The fraction of sp³-hybridized carbons (Fsp3) is 0.533. The van der Waals surface area contributed by atoms with Crippen LogP contribution in [0.5, 0.6) is 0 Å². The Balaban J connectivity index is 0.000000882. The molecular weight excluding hydrogens is 341 g/mol. The smallest absolute Gasteiger partial charge is 0.162 e. The Morgan fingerprint density at radius 2 is 2.18 bits per heavy atom. The van der Waals surface area contributed by atoms with Crippen molar-refractivity contribution in [2.24, 2.45) is 11.8 Å². The normalized spacial score (nSPS) is 24.4. The Kier molecular flexibility index (Phi) is 6.29. The van der Waals surface area contributed by atoms with Gasteiger partial charge in [0.1, 0.15) is 0 Å². The van der Waals surface area contributed by atoms with Gasteiger partial charge in [0.2, 0.25) is 0 Å². The molecule has 2 saturated heterocycles. The van der Waals surface area contributed by atoms with Gasteiger partial charge in [0.15, 0.2) is 10.8 Å². The van der Waals surface area contributed by atoms with Crippen molar-refractivity contribution >= 4 is 36.2 Å². The third-order valence-electron chi connectivity index (χ3n) is 4.46. The number of hydrogen-bond donors (Lipinski definition) is 1. The molecule has 2 atom stereocenters. The van der Waals surface area contributed by atoms with Crippen LogP contribution in [-0.4, -0.2) is 36.1 Å². The Labute approximate surface area is 147 Å². The first-order chi connectivity index (χ1) is 9.88. The number of aromatic nitrogens is 1. The maximum Gasteiger partial charge on any atom is 0.162 e. The molecule has 0 spiro atoms. The topological polar surface area (TPSA) is 41.3 Å². The predicted octanol–water partition coefficient (Wildman–Crippen LogP) is 3.29. The van der Waals surface area contributed by atoms with Crippen LogP contribution in [0.1, 0.15) is 12.1 Å². The quantitative estimate of drug-likeness (QED) is 0.910. The van der Waals surface area contributed by atoms with Gasteiger partial charge in [0.25, 0.3) is 0 Å². The molecular formula is C15H21Cl2N3OS. The molecule has 122 valence electrons. The average Bonchev–Trinajstić information content (AvgIpc) is 3.19. The first-order valence-corrected chi connectivity index (χ1v) is 8.18. The average molecular weight is 362 g/mol. The van der Waals surface area contributed by atoms with E-state index in [0.29, 0.717) is 0 Å². The molecule has 4 rings (SSSR count). The van der Waals surface area contributed by atoms with Crippen molar-refractivity contribution in [3.63, 3.8) is 0 Å². The lowest BCUT2D eigenvalue weighted by molar-refractivity contribution is 0.141. The van der Waals surface area contributed by atoms with Crippen molar-refractivity contribution in [1.29, 1.82) is 0 Å². The number of piperidine rings is 1. The molecule has 0 radical (unpaired) electrons. The Hall–Kier alpha value is -0.590. The molecule has 0 saturated carbocycles. The first-order valence-electron chi connectivity index (χ1n) is 7.30. The summed E-state index contributed by atoms with van der Waals surface area (Å²) in [6, 6.07) is 3.88. The maximum absolute atomic E-state index is 5.41. The van der Waals surface area contributed by atoms with Crippen LogP contribution in [0.15, 0.2) is 28.2 Å². The number of furan rings is 1. The number of thiazole rings is 1. The van der Waals surface area contributed by atoms with Crippen molar-refractivity contribution < 1.29 is 4.42 Å². The minimum absolute atomic E-state index is 0. The second kappa shape index (κ2) is 7.79. The lowest BCUT2D eigenvalue weighted by Crippen LogP contribution is -2.39. The SMILES string of the molecule is Cl.Cl.c1coc(-c2nc(CN3CCC4CNCC4C3)cs2)c1. The summed E-state index contributed by atoms with van der Waals surface area (Å²) in [5.74, 6) is 2.62. The second-order valence-corrected chi connectivity index (χ2v) is 6.68. The van der Waals surface area contributed by atoms with E-state index in [1.54, 1.807) is 17.6 Å².